The van der Waals surface area contributed by atoms with Gasteiger partial charge in [0, 0.05) is 11.3 Å². The van der Waals surface area contributed by atoms with Crippen LogP contribution in [0.15, 0.2) is 18.2 Å². The maximum absolute atomic E-state index is 13.1. The smallest absolute Gasteiger partial charge is 0.162 e. The van der Waals surface area contributed by atoms with E-state index in [4.69, 9.17) is 5.73 Å². The molecule has 0 radical (unpaired) electrons. The Labute approximate surface area is 86.7 Å². The second-order valence-corrected chi connectivity index (χ2v) is 4.01. The molecule has 2 N–H and O–H groups in total. The van der Waals surface area contributed by atoms with Gasteiger partial charge in [-0.1, -0.05) is 12.1 Å². The van der Waals surface area contributed by atoms with Crippen molar-refractivity contribution >= 4 is 11.8 Å². The van der Waals surface area contributed by atoms with E-state index in [1.54, 1.807) is 17.8 Å². The van der Waals surface area contributed by atoms with Crippen LogP contribution in [0.5, 0.6) is 0 Å². The first-order valence-electron chi connectivity index (χ1n) is 4.46. The summed E-state index contributed by atoms with van der Waals surface area (Å²) in [5, 5.41) is 0. The Balaban J connectivity index is 2.46. The molecule has 1 aromatic rings. The highest BCUT2D eigenvalue weighted by Gasteiger charge is 2.06. The predicted octanol–water partition coefficient (Wildman–Crippen LogP) is 2.55. The van der Waals surface area contributed by atoms with Gasteiger partial charge in [-0.3, -0.25) is 0 Å². The second-order valence-electron chi connectivity index (χ2n) is 2.91. The third kappa shape index (κ3) is 3.27. The molecule has 1 aromatic carbocycles. The number of hydrogen-bond donors (Lipinski definition) is 1. The molecule has 0 amide bonds. The molecule has 78 valence electrons. The molecule has 0 saturated heterocycles. The van der Waals surface area contributed by atoms with Crippen molar-refractivity contribution in [2.75, 3.05) is 12.3 Å². The summed E-state index contributed by atoms with van der Waals surface area (Å²) in [6.45, 7) is 0.638. The molecule has 0 bridgehead atoms. The third-order valence-electron chi connectivity index (χ3n) is 1.78. The Hall–Kier alpha value is -0.610. The zero-order chi connectivity index (χ0) is 10.4. The van der Waals surface area contributed by atoms with E-state index in [2.05, 4.69) is 0 Å². The van der Waals surface area contributed by atoms with Gasteiger partial charge in [0.2, 0.25) is 0 Å². The van der Waals surface area contributed by atoms with Crippen LogP contribution in [0, 0.1) is 11.6 Å². The van der Waals surface area contributed by atoms with Crippen LogP contribution in [0.1, 0.15) is 12.0 Å². The number of rotatable bonds is 5. The largest absolute Gasteiger partial charge is 0.330 e. The first-order valence-corrected chi connectivity index (χ1v) is 5.62. The summed E-state index contributed by atoms with van der Waals surface area (Å²) < 4.78 is 25.8. The highest BCUT2D eigenvalue weighted by atomic mass is 32.2. The standard InChI is InChI=1S/C10H13F2NS/c11-9-4-1-3-8(10(9)12)7-14-6-2-5-13/h1,3-4H,2,5-7,13H2. The van der Waals surface area contributed by atoms with E-state index in [1.165, 1.54) is 6.07 Å². The molecule has 0 unspecified atom stereocenters. The highest BCUT2D eigenvalue weighted by molar-refractivity contribution is 7.98. The highest BCUT2D eigenvalue weighted by Crippen LogP contribution is 2.17. The molecular formula is C10H13F2NS. The molecule has 0 aliphatic heterocycles. The van der Waals surface area contributed by atoms with Crippen molar-refractivity contribution in [3.05, 3.63) is 35.4 Å². The van der Waals surface area contributed by atoms with E-state index in [0.29, 0.717) is 17.9 Å². The monoisotopic (exact) mass is 217 g/mol. The zero-order valence-electron chi connectivity index (χ0n) is 7.80. The van der Waals surface area contributed by atoms with E-state index in [-0.39, 0.29) is 0 Å². The van der Waals surface area contributed by atoms with Crippen LogP contribution in [-0.2, 0) is 5.75 Å². The minimum absolute atomic E-state index is 0.423. The van der Waals surface area contributed by atoms with E-state index >= 15 is 0 Å². The van der Waals surface area contributed by atoms with Crippen molar-refractivity contribution in [2.45, 2.75) is 12.2 Å². The van der Waals surface area contributed by atoms with Gasteiger partial charge in [0.1, 0.15) is 0 Å². The van der Waals surface area contributed by atoms with E-state index in [1.807, 2.05) is 0 Å². The lowest BCUT2D eigenvalue weighted by atomic mass is 10.2. The average molecular weight is 217 g/mol. The topological polar surface area (TPSA) is 26.0 Å². The molecule has 0 atom stereocenters. The Morgan fingerprint density at radius 3 is 2.79 bits per heavy atom. The van der Waals surface area contributed by atoms with Gasteiger partial charge in [-0.2, -0.15) is 11.8 Å². The quantitative estimate of drug-likeness (QED) is 0.767. The maximum atomic E-state index is 13.1. The van der Waals surface area contributed by atoms with Crippen molar-refractivity contribution < 1.29 is 8.78 Å². The van der Waals surface area contributed by atoms with Gasteiger partial charge in [-0.25, -0.2) is 8.78 Å². The first kappa shape index (κ1) is 11.5. The minimum Gasteiger partial charge on any atom is -0.330 e. The van der Waals surface area contributed by atoms with E-state index in [0.717, 1.165) is 18.2 Å². The summed E-state index contributed by atoms with van der Waals surface area (Å²) >= 11 is 1.57. The summed E-state index contributed by atoms with van der Waals surface area (Å²) in [4.78, 5) is 0. The number of halogens is 2. The van der Waals surface area contributed by atoms with Crippen LogP contribution in [0.3, 0.4) is 0 Å². The molecule has 0 heterocycles. The normalized spacial score (nSPS) is 10.5. The summed E-state index contributed by atoms with van der Waals surface area (Å²) in [5.74, 6) is -0.120. The Morgan fingerprint density at radius 2 is 2.07 bits per heavy atom. The summed E-state index contributed by atoms with van der Waals surface area (Å²) in [5.41, 5.74) is 5.74. The molecule has 14 heavy (non-hydrogen) atoms. The number of hydrogen-bond acceptors (Lipinski definition) is 2. The second kappa shape index (κ2) is 5.98. The Morgan fingerprint density at radius 1 is 1.29 bits per heavy atom. The fraction of sp³-hybridized carbons (Fsp3) is 0.400. The van der Waals surface area contributed by atoms with Crippen LogP contribution >= 0.6 is 11.8 Å². The molecule has 0 spiro atoms. The van der Waals surface area contributed by atoms with Gasteiger partial charge in [0.15, 0.2) is 11.6 Å². The van der Waals surface area contributed by atoms with Crippen LogP contribution in [0.2, 0.25) is 0 Å². The number of benzene rings is 1. The van der Waals surface area contributed by atoms with Gasteiger partial charge in [0.25, 0.3) is 0 Å². The fourth-order valence-electron chi connectivity index (χ4n) is 1.03. The zero-order valence-corrected chi connectivity index (χ0v) is 8.62. The predicted molar refractivity (Wildman–Crippen MR) is 56.2 cm³/mol. The first-order chi connectivity index (χ1) is 6.75. The molecule has 0 aromatic heterocycles. The van der Waals surface area contributed by atoms with Gasteiger partial charge in [0.05, 0.1) is 0 Å². The van der Waals surface area contributed by atoms with E-state index in [9.17, 15) is 8.78 Å². The molecule has 1 nitrogen and oxygen atoms in total. The van der Waals surface area contributed by atoms with Crippen molar-refractivity contribution in [2.24, 2.45) is 5.73 Å². The summed E-state index contributed by atoms with van der Waals surface area (Å²) in [7, 11) is 0. The van der Waals surface area contributed by atoms with Crippen LogP contribution in [0.4, 0.5) is 8.78 Å². The molecular weight excluding hydrogens is 204 g/mol. The van der Waals surface area contributed by atoms with Gasteiger partial charge >= 0.3 is 0 Å². The molecule has 0 aliphatic carbocycles. The van der Waals surface area contributed by atoms with Crippen molar-refractivity contribution in [3.8, 4) is 0 Å². The molecule has 0 saturated carbocycles. The van der Waals surface area contributed by atoms with Crippen molar-refractivity contribution in [3.63, 3.8) is 0 Å². The molecule has 1 rings (SSSR count). The SMILES string of the molecule is NCCCSCc1cccc(F)c1F. The maximum Gasteiger partial charge on any atom is 0.162 e. The summed E-state index contributed by atoms with van der Waals surface area (Å²) in [6.07, 6.45) is 0.904. The lowest BCUT2D eigenvalue weighted by Crippen LogP contribution is -2.00. The van der Waals surface area contributed by atoms with Crippen molar-refractivity contribution in [1.82, 2.24) is 0 Å². The fourth-order valence-corrected chi connectivity index (χ4v) is 1.99. The van der Waals surface area contributed by atoms with Gasteiger partial charge in [-0.05, 0) is 24.8 Å². The number of thioether (sulfide) groups is 1. The molecule has 0 aliphatic rings. The minimum atomic E-state index is -0.776. The Bertz CT molecular complexity index is 291. The van der Waals surface area contributed by atoms with Crippen LogP contribution < -0.4 is 5.73 Å². The third-order valence-corrected chi connectivity index (χ3v) is 2.87. The van der Waals surface area contributed by atoms with Crippen LogP contribution in [0.25, 0.3) is 0 Å². The van der Waals surface area contributed by atoms with Gasteiger partial charge in [-0.15, -0.1) is 0 Å². The lowest BCUT2D eigenvalue weighted by Gasteiger charge is -2.03. The van der Waals surface area contributed by atoms with E-state index < -0.39 is 11.6 Å². The Kier molecular flexibility index (Phi) is 4.90. The molecule has 0 fully saturated rings. The lowest BCUT2D eigenvalue weighted by molar-refractivity contribution is 0.502. The summed E-state index contributed by atoms with van der Waals surface area (Å²) in [6, 6.07) is 4.26. The average Bonchev–Trinajstić information content (AvgIpc) is 2.19. The van der Waals surface area contributed by atoms with Gasteiger partial charge < -0.3 is 5.73 Å². The number of nitrogens with two attached hydrogens (primary N) is 1. The molecule has 4 heteroatoms. The van der Waals surface area contributed by atoms with Crippen LogP contribution in [-0.4, -0.2) is 12.3 Å². The van der Waals surface area contributed by atoms with Crippen molar-refractivity contribution in [1.29, 1.82) is 0 Å².